The molecule has 152 valence electrons. The average molecular weight is 412 g/mol. The van der Waals surface area contributed by atoms with Gasteiger partial charge in [-0.1, -0.05) is 35.5 Å². The molecule has 0 fully saturated rings. The van der Waals surface area contributed by atoms with Crippen LogP contribution in [0.1, 0.15) is 0 Å². The molecule has 3 aromatic carbocycles. The van der Waals surface area contributed by atoms with Crippen LogP contribution in [0.25, 0.3) is 39.4 Å². The van der Waals surface area contributed by atoms with Gasteiger partial charge in [-0.25, -0.2) is 9.36 Å². The van der Waals surface area contributed by atoms with Gasteiger partial charge in [0, 0.05) is 11.1 Å². The molecule has 31 heavy (non-hydrogen) atoms. The first-order chi connectivity index (χ1) is 15.1. The Morgan fingerprint density at radius 3 is 2.45 bits per heavy atom. The quantitative estimate of drug-likeness (QED) is 0.485. The van der Waals surface area contributed by atoms with Crippen LogP contribution in [0.2, 0.25) is 0 Å². The van der Waals surface area contributed by atoms with Gasteiger partial charge in [0.05, 0.1) is 23.7 Å². The molecular weight excluding hydrogens is 396 g/mol. The fourth-order valence-electron chi connectivity index (χ4n) is 3.36. The smallest absolute Gasteiger partial charge is 0.333 e. The standard InChI is InChI=1S/C23H16N4O4/c1-30-17-10-8-16(9-11-17)27-22(28)18-12-7-15(13-19(18)24-23(27)29)21-25-20(26-31-21)14-5-3-2-4-6-14/h2-13H,1H3,(H,24,29). The normalized spacial score (nSPS) is 11.0. The molecule has 0 amide bonds. The minimum absolute atomic E-state index is 0.293. The van der Waals surface area contributed by atoms with E-state index in [4.69, 9.17) is 9.26 Å². The summed E-state index contributed by atoms with van der Waals surface area (Å²) in [6.07, 6.45) is 0. The highest BCUT2D eigenvalue weighted by Crippen LogP contribution is 2.24. The molecule has 0 bridgehead atoms. The number of hydrogen-bond acceptors (Lipinski definition) is 6. The summed E-state index contributed by atoms with van der Waals surface area (Å²) in [5.41, 5.74) is 1.29. The van der Waals surface area contributed by atoms with E-state index in [2.05, 4.69) is 15.1 Å². The lowest BCUT2D eigenvalue weighted by atomic mass is 10.1. The first-order valence-electron chi connectivity index (χ1n) is 9.47. The Bertz CT molecular complexity index is 1500. The molecule has 0 saturated heterocycles. The largest absolute Gasteiger partial charge is 0.497 e. The predicted molar refractivity (Wildman–Crippen MR) is 115 cm³/mol. The highest BCUT2D eigenvalue weighted by atomic mass is 16.5. The van der Waals surface area contributed by atoms with Crippen molar-refractivity contribution in [1.82, 2.24) is 19.7 Å². The summed E-state index contributed by atoms with van der Waals surface area (Å²) >= 11 is 0. The number of fused-ring (bicyclic) bond motifs is 1. The number of aromatic amines is 1. The van der Waals surface area contributed by atoms with E-state index in [1.807, 2.05) is 30.3 Å². The molecule has 0 spiro atoms. The number of rotatable bonds is 4. The minimum atomic E-state index is -0.546. The second-order valence-corrected chi connectivity index (χ2v) is 6.82. The van der Waals surface area contributed by atoms with E-state index in [9.17, 15) is 9.59 Å². The summed E-state index contributed by atoms with van der Waals surface area (Å²) in [7, 11) is 1.55. The van der Waals surface area contributed by atoms with Crippen molar-refractivity contribution >= 4 is 10.9 Å². The summed E-state index contributed by atoms with van der Waals surface area (Å²) in [4.78, 5) is 32.9. The van der Waals surface area contributed by atoms with Crippen LogP contribution < -0.4 is 16.0 Å². The molecule has 2 heterocycles. The van der Waals surface area contributed by atoms with Gasteiger partial charge in [-0.15, -0.1) is 0 Å². The molecule has 5 aromatic rings. The van der Waals surface area contributed by atoms with Crippen molar-refractivity contribution in [2.75, 3.05) is 7.11 Å². The van der Waals surface area contributed by atoms with Crippen molar-refractivity contribution in [2.45, 2.75) is 0 Å². The number of H-pyrrole nitrogens is 1. The Labute approximate surface area is 175 Å². The number of nitrogens with zero attached hydrogens (tertiary/aromatic N) is 3. The Kier molecular flexibility index (Phi) is 4.44. The van der Waals surface area contributed by atoms with E-state index in [1.54, 1.807) is 49.6 Å². The molecule has 5 rings (SSSR count). The maximum Gasteiger partial charge on any atom is 0.333 e. The second-order valence-electron chi connectivity index (χ2n) is 6.82. The van der Waals surface area contributed by atoms with Gasteiger partial charge in [0.15, 0.2) is 0 Å². The Morgan fingerprint density at radius 1 is 0.935 bits per heavy atom. The van der Waals surface area contributed by atoms with Crippen LogP contribution in [-0.2, 0) is 0 Å². The number of aromatic nitrogens is 4. The highest BCUT2D eigenvalue weighted by molar-refractivity contribution is 5.82. The molecule has 0 aliphatic carbocycles. The average Bonchev–Trinajstić information content (AvgIpc) is 3.30. The van der Waals surface area contributed by atoms with E-state index >= 15 is 0 Å². The molecule has 0 atom stereocenters. The molecule has 8 heteroatoms. The summed E-state index contributed by atoms with van der Waals surface area (Å²) in [6, 6.07) is 21.1. The van der Waals surface area contributed by atoms with Crippen LogP contribution in [0, 0.1) is 0 Å². The van der Waals surface area contributed by atoms with Crippen LogP contribution in [0.15, 0.2) is 86.9 Å². The molecule has 8 nitrogen and oxygen atoms in total. The Balaban J connectivity index is 1.58. The van der Waals surface area contributed by atoms with Gasteiger partial charge in [0.2, 0.25) is 5.82 Å². The topological polar surface area (TPSA) is 103 Å². The Morgan fingerprint density at radius 2 is 1.71 bits per heavy atom. The minimum Gasteiger partial charge on any atom is -0.497 e. The van der Waals surface area contributed by atoms with Crippen molar-refractivity contribution in [2.24, 2.45) is 0 Å². The van der Waals surface area contributed by atoms with E-state index < -0.39 is 11.2 Å². The molecule has 0 aliphatic heterocycles. The first kappa shape index (κ1) is 18.6. The van der Waals surface area contributed by atoms with Gasteiger partial charge in [-0.05, 0) is 42.5 Å². The number of benzene rings is 3. The van der Waals surface area contributed by atoms with Gasteiger partial charge in [-0.2, -0.15) is 4.98 Å². The van der Waals surface area contributed by atoms with Gasteiger partial charge >= 0.3 is 5.69 Å². The van der Waals surface area contributed by atoms with Gasteiger partial charge < -0.3 is 14.2 Å². The summed E-state index contributed by atoms with van der Waals surface area (Å²) in [6.45, 7) is 0. The van der Waals surface area contributed by atoms with Crippen molar-refractivity contribution in [1.29, 1.82) is 0 Å². The van der Waals surface area contributed by atoms with Crippen LogP contribution in [0.5, 0.6) is 5.75 Å². The highest BCUT2D eigenvalue weighted by Gasteiger charge is 2.14. The van der Waals surface area contributed by atoms with Crippen LogP contribution in [0.3, 0.4) is 0 Å². The van der Waals surface area contributed by atoms with Gasteiger partial charge in [0.25, 0.3) is 11.4 Å². The summed E-state index contributed by atoms with van der Waals surface area (Å²) in [5.74, 6) is 1.38. The third-order valence-electron chi connectivity index (χ3n) is 4.93. The number of nitrogens with one attached hydrogen (secondary N) is 1. The number of hydrogen-bond donors (Lipinski definition) is 1. The Hall–Kier alpha value is -4.46. The molecule has 1 N–H and O–H groups in total. The fourth-order valence-corrected chi connectivity index (χ4v) is 3.36. The fraction of sp³-hybridized carbons (Fsp3) is 0.0435. The van der Waals surface area contributed by atoms with E-state index in [-0.39, 0.29) is 0 Å². The van der Waals surface area contributed by atoms with E-state index in [0.29, 0.717) is 39.6 Å². The number of methoxy groups -OCH3 is 1. The molecule has 0 unspecified atom stereocenters. The third-order valence-corrected chi connectivity index (χ3v) is 4.93. The van der Waals surface area contributed by atoms with Crippen molar-refractivity contribution < 1.29 is 9.26 Å². The van der Waals surface area contributed by atoms with Crippen LogP contribution >= 0.6 is 0 Å². The van der Waals surface area contributed by atoms with E-state index in [0.717, 1.165) is 10.1 Å². The maximum absolute atomic E-state index is 13.0. The second kappa shape index (κ2) is 7.42. The van der Waals surface area contributed by atoms with E-state index in [1.165, 1.54) is 0 Å². The SMILES string of the molecule is COc1ccc(-n2c(=O)[nH]c3cc(-c4nc(-c5ccccc5)no4)ccc3c2=O)cc1. The van der Waals surface area contributed by atoms with Crippen LogP contribution in [0.4, 0.5) is 0 Å². The molecule has 2 aromatic heterocycles. The molecule has 0 radical (unpaired) electrons. The van der Waals surface area contributed by atoms with Crippen LogP contribution in [-0.4, -0.2) is 26.8 Å². The lowest BCUT2D eigenvalue weighted by Crippen LogP contribution is -2.33. The molecular formula is C23H16N4O4. The monoisotopic (exact) mass is 412 g/mol. The zero-order valence-electron chi connectivity index (χ0n) is 16.4. The molecule has 0 aliphatic rings. The zero-order chi connectivity index (χ0) is 21.4. The summed E-state index contributed by atoms with van der Waals surface area (Å²) < 4.78 is 11.6. The first-order valence-corrected chi connectivity index (χ1v) is 9.47. The van der Waals surface area contributed by atoms with Gasteiger partial charge in [0.1, 0.15) is 5.75 Å². The van der Waals surface area contributed by atoms with Crippen molar-refractivity contribution in [3.05, 3.63) is 93.6 Å². The van der Waals surface area contributed by atoms with Gasteiger partial charge in [-0.3, -0.25) is 4.79 Å². The lowest BCUT2D eigenvalue weighted by Gasteiger charge is -2.08. The molecule has 0 saturated carbocycles. The maximum atomic E-state index is 13.0. The summed E-state index contributed by atoms with van der Waals surface area (Å²) in [5, 5.41) is 4.37. The predicted octanol–water partition coefficient (Wildman–Crippen LogP) is 3.40. The number of ether oxygens (including phenoxy) is 1. The zero-order valence-corrected chi connectivity index (χ0v) is 16.4. The van der Waals surface area contributed by atoms with Crippen molar-refractivity contribution in [3.8, 4) is 34.3 Å². The third kappa shape index (κ3) is 3.29. The lowest BCUT2D eigenvalue weighted by molar-refractivity contribution is 0.414. The van der Waals surface area contributed by atoms with Crippen molar-refractivity contribution in [3.63, 3.8) is 0 Å².